The van der Waals surface area contributed by atoms with Crippen LogP contribution in [-0.2, 0) is 9.59 Å². The van der Waals surface area contributed by atoms with Crippen LogP contribution in [0.3, 0.4) is 0 Å². The number of hydrogen-bond acceptors (Lipinski definition) is 7. The third-order valence-electron chi connectivity index (χ3n) is 2.17. The Bertz CT molecular complexity index is 266. The van der Waals surface area contributed by atoms with Crippen molar-refractivity contribution < 1.29 is 35.1 Å². The standard InChI is InChI=1S/C8H13BrO7/c1-3(11)8(16,7(9)15)6(14)5(13)4(12)2-10/h4-6,10,12-14,16H,2H2,1H3. The Morgan fingerprint density at radius 1 is 1.31 bits per heavy atom. The molecule has 0 rings (SSSR count). The maximum absolute atomic E-state index is 11.0. The van der Waals surface area contributed by atoms with E-state index < -0.39 is 41.0 Å². The highest BCUT2D eigenvalue weighted by atomic mass is 79.9. The van der Waals surface area contributed by atoms with Crippen LogP contribution in [0, 0.1) is 0 Å². The Kier molecular flexibility index (Phi) is 5.66. The Labute approximate surface area is 99.5 Å². The summed E-state index contributed by atoms with van der Waals surface area (Å²) in [5, 5.41) is 45.8. The maximum Gasteiger partial charge on any atom is 0.239 e. The van der Waals surface area contributed by atoms with E-state index in [2.05, 4.69) is 15.9 Å². The van der Waals surface area contributed by atoms with Crippen LogP contribution in [0.25, 0.3) is 0 Å². The van der Waals surface area contributed by atoms with Gasteiger partial charge in [-0.25, -0.2) is 0 Å². The van der Waals surface area contributed by atoms with Gasteiger partial charge in [-0.3, -0.25) is 9.59 Å². The summed E-state index contributed by atoms with van der Waals surface area (Å²) in [7, 11) is 0. The molecular weight excluding hydrogens is 288 g/mol. The quantitative estimate of drug-likeness (QED) is 0.266. The van der Waals surface area contributed by atoms with Crippen molar-refractivity contribution in [3.8, 4) is 0 Å². The van der Waals surface area contributed by atoms with Gasteiger partial charge >= 0.3 is 0 Å². The highest BCUT2D eigenvalue weighted by Gasteiger charge is 2.51. The van der Waals surface area contributed by atoms with Crippen molar-refractivity contribution in [2.24, 2.45) is 0 Å². The summed E-state index contributed by atoms with van der Waals surface area (Å²) in [6, 6.07) is 0. The summed E-state index contributed by atoms with van der Waals surface area (Å²) in [4.78, 5) is 22.0. The van der Waals surface area contributed by atoms with E-state index in [1.165, 1.54) is 0 Å². The van der Waals surface area contributed by atoms with Crippen molar-refractivity contribution in [1.29, 1.82) is 0 Å². The first-order valence-electron chi connectivity index (χ1n) is 4.28. The lowest BCUT2D eigenvalue weighted by atomic mass is 9.88. The zero-order valence-corrected chi connectivity index (χ0v) is 9.96. The second-order valence-electron chi connectivity index (χ2n) is 3.28. The van der Waals surface area contributed by atoms with Gasteiger partial charge in [-0.2, -0.15) is 0 Å². The molecule has 0 spiro atoms. The van der Waals surface area contributed by atoms with Gasteiger partial charge in [-0.05, 0) is 22.9 Å². The Morgan fingerprint density at radius 2 is 1.75 bits per heavy atom. The topological polar surface area (TPSA) is 135 Å². The third kappa shape index (κ3) is 2.84. The predicted octanol–water partition coefficient (Wildman–Crippen LogP) is -2.70. The average Bonchev–Trinajstić information content (AvgIpc) is 2.23. The summed E-state index contributed by atoms with van der Waals surface area (Å²) in [5.41, 5.74) is -2.87. The van der Waals surface area contributed by atoms with E-state index >= 15 is 0 Å². The van der Waals surface area contributed by atoms with Gasteiger partial charge in [0.05, 0.1) is 6.61 Å². The maximum atomic E-state index is 11.0. The molecule has 0 amide bonds. The molecule has 0 bridgehead atoms. The number of aliphatic hydroxyl groups excluding tert-OH is 4. The number of carbonyl (C=O) groups excluding carboxylic acids is 2. The molecule has 0 aliphatic rings. The smallest absolute Gasteiger partial charge is 0.239 e. The number of carbonyl (C=O) groups is 2. The van der Waals surface area contributed by atoms with Crippen molar-refractivity contribution in [2.75, 3.05) is 6.61 Å². The van der Waals surface area contributed by atoms with Crippen molar-refractivity contribution in [3.05, 3.63) is 0 Å². The minimum atomic E-state index is -2.87. The first-order valence-corrected chi connectivity index (χ1v) is 5.07. The zero-order chi connectivity index (χ0) is 13.1. The molecular formula is C8H13BrO7. The normalized spacial score (nSPS) is 20.7. The molecule has 0 aromatic carbocycles. The van der Waals surface area contributed by atoms with Gasteiger partial charge in [-0.1, -0.05) is 0 Å². The van der Waals surface area contributed by atoms with Crippen LogP contribution in [0.1, 0.15) is 6.92 Å². The summed E-state index contributed by atoms with van der Waals surface area (Å²) >= 11 is 2.31. The molecule has 0 aliphatic carbocycles. The SMILES string of the molecule is CC(=O)C(O)(C(=O)Br)C(O)C(O)C(O)CO. The van der Waals surface area contributed by atoms with Crippen molar-refractivity contribution >= 4 is 26.4 Å². The van der Waals surface area contributed by atoms with E-state index in [0.717, 1.165) is 6.92 Å². The van der Waals surface area contributed by atoms with Crippen LogP contribution in [0.5, 0.6) is 0 Å². The molecule has 5 N–H and O–H groups in total. The predicted molar refractivity (Wildman–Crippen MR) is 54.7 cm³/mol. The van der Waals surface area contributed by atoms with E-state index in [9.17, 15) is 24.9 Å². The summed E-state index contributed by atoms with van der Waals surface area (Å²) in [5.74, 6) is -1.11. The minimum absolute atomic E-state index is 0.834. The number of Topliss-reactive ketones (excluding diaryl/α,β-unsaturated/α-hetero) is 1. The van der Waals surface area contributed by atoms with Crippen molar-refractivity contribution in [3.63, 3.8) is 0 Å². The second-order valence-corrected chi connectivity index (χ2v) is 4.00. The van der Waals surface area contributed by atoms with Crippen LogP contribution < -0.4 is 0 Å². The van der Waals surface area contributed by atoms with Gasteiger partial charge in [0, 0.05) is 0 Å². The fraction of sp³-hybridized carbons (Fsp3) is 0.750. The monoisotopic (exact) mass is 300 g/mol. The summed E-state index contributed by atoms with van der Waals surface area (Å²) in [6.07, 6.45) is -6.08. The van der Waals surface area contributed by atoms with Crippen LogP contribution in [0.15, 0.2) is 0 Å². The van der Waals surface area contributed by atoms with Crippen LogP contribution in [0.4, 0.5) is 0 Å². The largest absolute Gasteiger partial charge is 0.394 e. The molecule has 4 atom stereocenters. The van der Waals surface area contributed by atoms with Gasteiger partial charge in [-0.15, -0.1) is 0 Å². The molecule has 0 heterocycles. The molecule has 0 saturated heterocycles. The molecule has 0 aliphatic heterocycles. The highest BCUT2D eigenvalue weighted by Crippen LogP contribution is 2.21. The first-order chi connectivity index (χ1) is 7.19. The Morgan fingerprint density at radius 3 is 2.00 bits per heavy atom. The van der Waals surface area contributed by atoms with Crippen molar-refractivity contribution in [1.82, 2.24) is 0 Å². The minimum Gasteiger partial charge on any atom is -0.394 e. The Balaban J connectivity index is 5.11. The lowest BCUT2D eigenvalue weighted by Crippen LogP contribution is -2.60. The number of halogens is 1. The van der Waals surface area contributed by atoms with Gasteiger partial charge in [0.25, 0.3) is 0 Å². The highest BCUT2D eigenvalue weighted by molar-refractivity contribution is 9.18. The Hall–Kier alpha value is -0.380. The van der Waals surface area contributed by atoms with Crippen molar-refractivity contribution in [2.45, 2.75) is 30.8 Å². The molecule has 4 unspecified atom stereocenters. The van der Waals surface area contributed by atoms with Gasteiger partial charge in [0.15, 0.2) is 5.78 Å². The molecule has 0 radical (unpaired) electrons. The zero-order valence-electron chi connectivity index (χ0n) is 8.37. The fourth-order valence-electron chi connectivity index (χ4n) is 1.03. The third-order valence-corrected chi connectivity index (χ3v) is 2.77. The summed E-state index contributed by atoms with van der Waals surface area (Å²) < 4.78 is -1.25. The van der Waals surface area contributed by atoms with E-state index in [1.54, 1.807) is 0 Å². The number of aliphatic hydroxyl groups is 5. The molecule has 7 nitrogen and oxygen atoms in total. The molecule has 0 saturated carbocycles. The van der Waals surface area contributed by atoms with E-state index in [0.29, 0.717) is 0 Å². The van der Waals surface area contributed by atoms with Gasteiger partial charge < -0.3 is 25.5 Å². The van der Waals surface area contributed by atoms with Crippen LogP contribution in [-0.4, -0.2) is 66.5 Å². The van der Waals surface area contributed by atoms with E-state index in [4.69, 9.17) is 10.2 Å². The van der Waals surface area contributed by atoms with E-state index in [1.807, 2.05) is 0 Å². The molecule has 8 heteroatoms. The first kappa shape index (κ1) is 15.6. The van der Waals surface area contributed by atoms with Gasteiger partial charge in [0.2, 0.25) is 10.3 Å². The average molecular weight is 301 g/mol. The van der Waals surface area contributed by atoms with Crippen LogP contribution in [0.2, 0.25) is 0 Å². The fourth-order valence-corrected chi connectivity index (χ4v) is 1.54. The molecule has 94 valence electrons. The molecule has 0 aromatic heterocycles. The second kappa shape index (κ2) is 5.80. The van der Waals surface area contributed by atoms with E-state index in [-0.39, 0.29) is 0 Å². The summed E-state index contributed by atoms with van der Waals surface area (Å²) in [6.45, 7) is -0.0664. The molecule has 16 heavy (non-hydrogen) atoms. The molecule has 0 aromatic rings. The lowest BCUT2D eigenvalue weighted by molar-refractivity contribution is -0.174. The lowest BCUT2D eigenvalue weighted by Gasteiger charge is -2.31. The van der Waals surface area contributed by atoms with Gasteiger partial charge in [0.1, 0.15) is 18.3 Å². The molecule has 0 fully saturated rings. The number of hydrogen-bond donors (Lipinski definition) is 5. The number of rotatable bonds is 6. The van der Waals surface area contributed by atoms with Crippen LogP contribution >= 0.6 is 15.9 Å². The number of ketones is 1.